The molecular weight excluding hydrogens is 251 g/mol. The first-order chi connectivity index (χ1) is 9.84. The van der Waals surface area contributed by atoms with E-state index in [1.165, 1.54) is 17.0 Å². The molecule has 3 aromatic rings. The lowest BCUT2D eigenvalue weighted by Gasteiger charge is -2.08. The lowest BCUT2D eigenvalue weighted by molar-refractivity contribution is 0.588. The van der Waals surface area contributed by atoms with Crippen LogP contribution in [0.4, 0.5) is 4.39 Å². The van der Waals surface area contributed by atoms with E-state index >= 15 is 0 Å². The van der Waals surface area contributed by atoms with Crippen molar-refractivity contribution in [3.8, 4) is 0 Å². The average molecular weight is 266 g/mol. The Hall–Kier alpha value is -2.26. The van der Waals surface area contributed by atoms with Crippen molar-refractivity contribution in [3.05, 3.63) is 77.9 Å². The van der Waals surface area contributed by atoms with E-state index in [-0.39, 0.29) is 5.82 Å². The molecule has 0 spiro atoms. The average Bonchev–Trinajstić information content (AvgIpc) is 2.49. The van der Waals surface area contributed by atoms with Crippen molar-refractivity contribution < 1.29 is 4.39 Å². The van der Waals surface area contributed by atoms with E-state index in [1.807, 2.05) is 30.5 Å². The molecule has 20 heavy (non-hydrogen) atoms. The predicted octanol–water partition coefficient (Wildman–Crippen LogP) is 3.66. The summed E-state index contributed by atoms with van der Waals surface area (Å²) in [5.41, 5.74) is 1.88. The lowest BCUT2D eigenvalue weighted by atomic mass is 10.1. The number of pyridine rings is 1. The third-order valence-corrected chi connectivity index (χ3v) is 3.36. The van der Waals surface area contributed by atoms with Gasteiger partial charge in [-0.2, -0.15) is 0 Å². The normalized spacial score (nSPS) is 10.8. The molecule has 0 radical (unpaired) electrons. The Morgan fingerprint density at radius 1 is 0.900 bits per heavy atom. The Kier molecular flexibility index (Phi) is 3.70. The van der Waals surface area contributed by atoms with E-state index in [1.54, 1.807) is 18.3 Å². The third-order valence-electron chi connectivity index (χ3n) is 3.36. The van der Waals surface area contributed by atoms with Crippen LogP contribution in [0.15, 0.2) is 60.9 Å². The zero-order valence-corrected chi connectivity index (χ0v) is 11.0. The molecular formula is C17H15FN2. The topological polar surface area (TPSA) is 24.9 Å². The van der Waals surface area contributed by atoms with Crippen molar-refractivity contribution in [2.45, 2.75) is 13.1 Å². The summed E-state index contributed by atoms with van der Waals surface area (Å²) in [5.74, 6) is -0.165. The number of hydrogen-bond donors (Lipinski definition) is 1. The van der Waals surface area contributed by atoms with Gasteiger partial charge in [0, 0.05) is 36.4 Å². The van der Waals surface area contributed by atoms with Gasteiger partial charge in [0.2, 0.25) is 0 Å². The van der Waals surface area contributed by atoms with Gasteiger partial charge in [-0.1, -0.05) is 36.4 Å². The van der Waals surface area contributed by atoms with E-state index < -0.39 is 0 Å². The largest absolute Gasteiger partial charge is 0.308 e. The molecule has 1 heterocycles. The molecule has 0 amide bonds. The van der Waals surface area contributed by atoms with Gasteiger partial charge in [0.25, 0.3) is 0 Å². The molecule has 0 aliphatic heterocycles. The fourth-order valence-corrected chi connectivity index (χ4v) is 2.32. The maximum atomic E-state index is 13.5. The highest BCUT2D eigenvalue weighted by atomic mass is 19.1. The molecule has 2 nitrogen and oxygen atoms in total. The molecule has 1 aromatic heterocycles. The van der Waals surface area contributed by atoms with Crippen LogP contribution >= 0.6 is 0 Å². The SMILES string of the molecule is Fc1ccccc1CNCc1cccc2cnccc12. The van der Waals surface area contributed by atoms with E-state index in [2.05, 4.69) is 16.4 Å². The second-order valence-corrected chi connectivity index (χ2v) is 4.71. The fraction of sp³-hybridized carbons (Fsp3) is 0.118. The second kappa shape index (κ2) is 5.80. The van der Waals surface area contributed by atoms with Gasteiger partial charge in [0.05, 0.1) is 0 Å². The summed E-state index contributed by atoms with van der Waals surface area (Å²) in [6.45, 7) is 1.23. The summed E-state index contributed by atoms with van der Waals surface area (Å²) in [7, 11) is 0. The number of fused-ring (bicyclic) bond motifs is 1. The van der Waals surface area contributed by atoms with Gasteiger partial charge in [0.1, 0.15) is 5.82 Å². The molecule has 0 aliphatic carbocycles. The molecule has 0 unspecified atom stereocenters. The van der Waals surface area contributed by atoms with Crippen LogP contribution in [-0.2, 0) is 13.1 Å². The number of nitrogens with one attached hydrogen (secondary N) is 1. The van der Waals surface area contributed by atoms with E-state index in [0.29, 0.717) is 18.7 Å². The van der Waals surface area contributed by atoms with Crippen molar-refractivity contribution in [2.75, 3.05) is 0 Å². The molecule has 0 saturated heterocycles. The molecule has 3 rings (SSSR count). The van der Waals surface area contributed by atoms with E-state index in [9.17, 15) is 4.39 Å². The zero-order valence-electron chi connectivity index (χ0n) is 11.0. The van der Waals surface area contributed by atoms with Crippen molar-refractivity contribution >= 4 is 10.8 Å². The summed E-state index contributed by atoms with van der Waals surface area (Å²) in [4.78, 5) is 4.12. The minimum absolute atomic E-state index is 0.165. The quantitative estimate of drug-likeness (QED) is 0.779. The fourth-order valence-electron chi connectivity index (χ4n) is 2.32. The zero-order chi connectivity index (χ0) is 13.8. The van der Waals surface area contributed by atoms with Gasteiger partial charge in [-0.05, 0) is 23.1 Å². The van der Waals surface area contributed by atoms with Crippen LogP contribution in [0, 0.1) is 5.82 Å². The minimum atomic E-state index is -0.165. The van der Waals surface area contributed by atoms with Gasteiger partial charge in [-0.15, -0.1) is 0 Å². The molecule has 1 N–H and O–H groups in total. The molecule has 0 bridgehead atoms. The van der Waals surface area contributed by atoms with Crippen molar-refractivity contribution in [3.63, 3.8) is 0 Å². The van der Waals surface area contributed by atoms with Crippen molar-refractivity contribution in [1.82, 2.24) is 10.3 Å². The smallest absolute Gasteiger partial charge is 0.127 e. The Labute approximate surface area is 117 Å². The predicted molar refractivity (Wildman–Crippen MR) is 78.7 cm³/mol. The second-order valence-electron chi connectivity index (χ2n) is 4.71. The summed E-state index contributed by atoms with van der Waals surface area (Å²) in [6.07, 6.45) is 3.65. The van der Waals surface area contributed by atoms with Crippen LogP contribution in [0.2, 0.25) is 0 Å². The number of nitrogens with zero attached hydrogens (tertiary/aromatic N) is 1. The standard InChI is InChI=1S/C17H15FN2/c18-17-7-2-1-4-15(17)12-20-11-14-6-3-5-13-10-19-9-8-16(13)14/h1-10,20H,11-12H2. The maximum absolute atomic E-state index is 13.5. The van der Waals surface area contributed by atoms with Crippen LogP contribution in [0.1, 0.15) is 11.1 Å². The number of halogens is 1. The molecule has 0 fully saturated rings. The van der Waals surface area contributed by atoms with Crippen LogP contribution in [-0.4, -0.2) is 4.98 Å². The first-order valence-corrected chi connectivity index (χ1v) is 6.60. The monoisotopic (exact) mass is 266 g/mol. The number of benzene rings is 2. The van der Waals surface area contributed by atoms with Gasteiger partial charge < -0.3 is 5.32 Å². The van der Waals surface area contributed by atoms with E-state index in [0.717, 1.165) is 5.39 Å². The van der Waals surface area contributed by atoms with Crippen LogP contribution < -0.4 is 5.32 Å². The summed E-state index contributed by atoms with van der Waals surface area (Å²) >= 11 is 0. The molecule has 100 valence electrons. The first kappa shape index (κ1) is 12.8. The summed E-state index contributed by atoms with van der Waals surface area (Å²) < 4.78 is 13.5. The number of hydrogen-bond acceptors (Lipinski definition) is 2. The Morgan fingerprint density at radius 2 is 1.70 bits per heavy atom. The highest BCUT2D eigenvalue weighted by molar-refractivity contribution is 5.84. The maximum Gasteiger partial charge on any atom is 0.127 e. The Morgan fingerprint density at radius 3 is 2.60 bits per heavy atom. The highest BCUT2D eigenvalue weighted by Gasteiger charge is 2.02. The number of rotatable bonds is 4. The van der Waals surface area contributed by atoms with Gasteiger partial charge in [-0.3, -0.25) is 4.98 Å². The molecule has 0 aliphatic rings. The lowest BCUT2D eigenvalue weighted by Crippen LogP contribution is -2.13. The molecule has 2 aromatic carbocycles. The molecule has 0 saturated carbocycles. The first-order valence-electron chi connectivity index (χ1n) is 6.60. The van der Waals surface area contributed by atoms with Gasteiger partial charge in [-0.25, -0.2) is 4.39 Å². The van der Waals surface area contributed by atoms with Crippen LogP contribution in [0.25, 0.3) is 10.8 Å². The Balaban J connectivity index is 1.73. The molecule has 0 atom stereocenters. The van der Waals surface area contributed by atoms with Crippen LogP contribution in [0.3, 0.4) is 0 Å². The highest BCUT2D eigenvalue weighted by Crippen LogP contribution is 2.17. The summed E-state index contributed by atoms with van der Waals surface area (Å²) in [5, 5.41) is 5.60. The minimum Gasteiger partial charge on any atom is -0.308 e. The van der Waals surface area contributed by atoms with Crippen molar-refractivity contribution in [2.24, 2.45) is 0 Å². The summed E-state index contributed by atoms with van der Waals surface area (Å²) in [6, 6.07) is 15.0. The van der Waals surface area contributed by atoms with Crippen LogP contribution in [0.5, 0.6) is 0 Å². The van der Waals surface area contributed by atoms with Crippen molar-refractivity contribution in [1.29, 1.82) is 0 Å². The van der Waals surface area contributed by atoms with Gasteiger partial charge >= 0.3 is 0 Å². The van der Waals surface area contributed by atoms with E-state index in [4.69, 9.17) is 0 Å². The third kappa shape index (κ3) is 2.68. The molecule has 3 heteroatoms. The number of aromatic nitrogens is 1. The van der Waals surface area contributed by atoms with Gasteiger partial charge in [0.15, 0.2) is 0 Å². The Bertz CT molecular complexity index is 720.